The van der Waals surface area contributed by atoms with Gasteiger partial charge in [-0.1, -0.05) is 27.7 Å². The molecule has 0 aromatic rings. The number of carboxylic acids is 1. The van der Waals surface area contributed by atoms with Crippen LogP contribution < -0.4 is 5.73 Å². The van der Waals surface area contributed by atoms with Crippen LogP contribution in [0.1, 0.15) is 55.4 Å². The summed E-state index contributed by atoms with van der Waals surface area (Å²) in [5, 5.41) is 8.25. The molecule has 0 aliphatic heterocycles. The zero-order valence-corrected chi connectivity index (χ0v) is 12.1. The van der Waals surface area contributed by atoms with Gasteiger partial charge in [0.05, 0.1) is 5.41 Å². The fraction of sp³-hybridized carbons (Fsp3) is 0.923. The van der Waals surface area contributed by atoms with Crippen LogP contribution in [-0.2, 0) is 4.79 Å². The number of carboxylic acid groups (broad SMARTS) is 1. The Hall–Kier alpha value is -0.570. The zero-order valence-electron chi connectivity index (χ0n) is 12.1. The molecule has 0 amide bonds. The van der Waals surface area contributed by atoms with Crippen LogP contribution >= 0.6 is 0 Å². The number of rotatable bonds is 2. The Labute approximate surface area is 100 Å². The van der Waals surface area contributed by atoms with Crippen molar-refractivity contribution in [3.8, 4) is 0 Å². The van der Waals surface area contributed by atoms with E-state index in [2.05, 4.69) is 34.6 Å². The molecule has 16 heavy (non-hydrogen) atoms. The lowest BCUT2D eigenvalue weighted by molar-refractivity contribution is -0.145. The summed E-state index contributed by atoms with van der Waals surface area (Å²) >= 11 is 0. The van der Waals surface area contributed by atoms with E-state index in [9.17, 15) is 4.79 Å². The molecule has 0 spiro atoms. The normalized spacial score (nSPS) is 12.4. The zero-order chi connectivity index (χ0) is 13.7. The fourth-order valence-electron chi connectivity index (χ4n) is 0.667. The number of hydrogen-bond donors (Lipinski definition) is 2. The van der Waals surface area contributed by atoms with Crippen LogP contribution in [0.5, 0.6) is 0 Å². The first-order valence-corrected chi connectivity index (χ1v) is 5.85. The van der Waals surface area contributed by atoms with Gasteiger partial charge in [0.1, 0.15) is 0 Å². The SMILES string of the molecule is CC(C)(C)C(=O)O.CC(C)C(C)(N)C(C)C. The third kappa shape index (κ3) is 6.83. The Morgan fingerprint density at radius 2 is 1.19 bits per heavy atom. The molecule has 3 heteroatoms. The maximum absolute atomic E-state index is 10.0. The van der Waals surface area contributed by atoms with Gasteiger partial charge < -0.3 is 10.8 Å². The fourth-order valence-corrected chi connectivity index (χ4v) is 0.667. The summed E-state index contributed by atoms with van der Waals surface area (Å²) in [6, 6.07) is 0. The second-order valence-electron chi connectivity index (χ2n) is 6.23. The Balaban J connectivity index is 0. The van der Waals surface area contributed by atoms with E-state index in [0.29, 0.717) is 11.8 Å². The molecule has 3 nitrogen and oxygen atoms in total. The third-order valence-corrected chi connectivity index (χ3v) is 3.13. The van der Waals surface area contributed by atoms with Gasteiger partial charge in [0.25, 0.3) is 0 Å². The average Bonchev–Trinajstić information content (AvgIpc) is 2.02. The quantitative estimate of drug-likeness (QED) is 0.767. The molecule has 0 unspecified atom stereocenters. The van der Waals surface area contributed by atoms with Gasteiger partial charge in [0.15, 0.2) is 0 Å². The van der Waals surface area contributed by atoms with Crippen LogP contribution in [0, 0.1) is 17.3 Å². The van der Waals surface area contributed by atoms with Gasteiger partial charge in [-0.25, -0.2) is 0 Å². The highest BCUT2D eigenvalue weighted by molar-refractivity contribution is 5.72. The van der Waals surface area contributed by atoms with Crippen molar-refractivity contribution >= 4 is 5.97 Å². The van der Waals surface area contributed by atoms with Crippen molar-refractivity contribution in [1.82, 2.24) is 0 Å². The first kappa shape index (κ1) is 17.8. The van der Waals surface area contributed by atoms with E-state index in [0.717, 1.165) is 0 Å². The Kier molecular flexibility index (Phi) is 6.94. The Morgan fingerprint density at radius 3 is 1.19 bits per heavy atom. The molecule has 0 rings (SSSR count). The third-order valence-electron chi connectivity index (χ3n) is 3.13. The van der Waals surface area contributed by atoms with E-state index in [4.69, 9.17) is 10.8 Å². The predicted octanol–water partition coefficient (Wildman–Crippen LogP) is 3.13. The molecule has 0 saturated heterocycles. The number of carbonyl (C=O) groups is 1. The Bertz CT molecular complexity index is 202. The smallest absolute Gasteiger partial charge is 0.308 e. The van der Waals surface area contributed by atoms with E-state index in [1.165, 1.54) is 0 Å². The molecular formula is C13H29NO2. The monoisotopic (exact) mass is 231 g/mol. The van der Waals surface area contributed by atoms with Crippen molar-refractivity contribution in [2.75, 3.05) is 0 Å². The van der Waals surface area contributed by atoms with Gasteiger partial charge in [0, 0.05) is 5.54 Å². The minimum Gasteiger partial charge on any atom is -0.481 e. The summed E-state index contributed by atoms with van der Waals surface area (Å²) in [6.45, 7) is 15.8. The molecule has 0 saturated carbocycles. The van der Waals surface area contributed by atoms with Crippen LogP contribution in [0.25, 0.3) is 0 Å². The first-order chi connectivity index (χ1) is 6.83. The van der Waals surface area contributed by atoms with E-state index < -0.39 is 11.4 Å². The lowest BCUT2D eigenvalue weighted by atomic mass is 9.80. The van der Waals surface area contributed by atoms with Crippen molar-refractivity contribution in [1.29, 1.82) is 0 Å². The Morgan fingerprint density at radius 1 is 1.00 bits per heavy atom. The molecule has 0 bridgehead atoms. The van der Waals surface area contributed by atoms with Crippen molar-refractivity contribution in [3.05, 3.63) is 0 Å². The van der Waals surface area contributed by atoms with Gasteiger partial charge in [0.2, 0.25) is 0 Å². The lowest BCUT2D eigenvalue weighted by Gasteiger charge is -2.33. The van der Waals surface area contributed by atoms with Crippen LogP contribution in [-0.4, -0.2) is 16.6 Å². The van der Waals surface area contributed by atoms with Gasteiger partial charge in [-0.2, -0.15) is 0 Å². The maximum Gasteiger partial charge on any atom is 0.308 e. The highest BCUT2D eigenvalue weighted by Crippen LogP contribution is 2.21. The van der Waals surface area contributed by atoms with E-state index in [1.807, 2.05) is 0 Å². The van der Waals surface area contributed by atoms with Crippen molar-refractivity contribution in [3.63, 3.8) is 0 Å². The van der Waals surface area contributed by atoms with Crippen molar-refractivity contribution < 1.29 is 9.90 Å². The number of aliphatic carboxylic acids is 1. The second kappa shape index (κ2) is 6.24. The molecule has 0 atom stereocenters. The molecule has 0 aliphatic carbocycles. The molecule has 0 fully saturated rings. The standard InChI is InChI=1S/C8H19N.C5H10O2/c1-6(2)8(5,9)7(3)4;1-5(2,3)4(6)7/h6-7H,9H2,1-5H3;1-3H3,(H,6,7). The second-order valence-corrected chi connectivity index (χ2v) is 6.23. The summed E-state index contributed by atoms with van der Waals surface area (Å²) in [7, 11) is 0. The molecule has 0 aromatic heterocycles. The highest BCUT2D eigenvalue weighted by atomic mass is 16.4. The summed E-state index contributed by atoms with van der Waals surface area (Å²) in [5.74, 6) is 0.377. The van der Waals surface area contributed by atoms with Gasteiger partial charge in [-0.05, 0) is 39.5 Å². The number of nitrogens with two attached hydrogens (primary N) is 1. The van der Waals surface area contributed by atoms with Gasteiger partial charge in [-0.15, -0.1) is 0 Å². The molecule has 3 N–H and O–H groups in total. The number of hydrogen-bond acceptors (Lipinski definition) is 2. The predicted molar refractivity (Wildman–Crippen MR) is 69.4 cm³/mol. The topological polar surface area (TPSA) is 63.3 Å². The summed E-state index contributed by atoms with van der Waals surface area (Å²) in [4.78, 5) is 10.0. The van der Waals surface area contributed by atoms with Crippen LogP contribution in [0.3, 0.4) is 0 Å². The molecule has 0 radical (unpaired) electrons. The van der Waals surface area contributed by atoms with Crippen LogP contribution in [0.4, 0.5) is 0 Å². The van der Waals surface area contributed by atoms with Crippen molar-refractivity contribution in [2.24, 2.45) is 23.0 Å². The largest absolute Gasteiger partial charge is 0.481 e. The minimum absolute atomic E-state index is 0.000000000000000222. The minimum atomic E-state index is -0.757. The van der Waals surface area contributed by atoms with Crippen LogP contribution in [0.15, 0.2) is 0 Å². The van der Waals surface area contributed by atoms with Gasteiger partial charge >= 0.3 is 5.97 Å². The maximum atomic E-state index is 10.0. The van der Waals surface area contributed by atoms with E-state index in [1.54, 1.807) is 20.8 Å². The molecule has 0 heterocycles. The van der Waals surface area contributed by atoms with Crippen molar-refractivity contribution in [2.45, 2.75) is 60.9 Å². The molecule has 0 aliphatic rings. The van der Waals surface area contributed by atoms with E-state index in [-0.39, 0.29) is 5.54 Å². The lowest BCUT2D eigenvalue weighted by Crippen LogP contribution is -2.46. The average molecular weight is 231 g/mol. The first-order valence-electron chi connectivity index (χ1n) is 5.85. The highest BCUT2D eigenvalue weighted by Gasteiger charge is 2.26. The van der Waals surface area contributed by atoms with E-state index >= 15 is 0 Å². The molecule has 0 aromatic carbocycles. The molecule has 98 valence electrons. The van der Waals surface area contributed by atoms with Crippen LogP contribution in [0.2, 0.25) is 0 Å². The summed E-state index contributed by atoms with van der Waals surface area (Å²) < 4.78 is 0. The summed E-state index contributed by atoms with van der Waals surface area (Å²) in [6.07, 6.45) is 0. The summed E-state index contributed by atoms with van der Waals surface area (Å²) in [5.41, 5.74) is 5.42. The van der Waals surface area contributed by atoms with Gasteiger partial charge in [-0.3, -0.25) is 4.79 Å². The molecular weight excluding hydrogens is 202 g/mol.